The minimum absolute atomic E-state index is 0.256. The number of benzene rings is 3. The fraction of sp³-hybridized carbons (Fsp3) is 0. The van der Waals surface area contributed by atoms with Crippen molar-refractivity contribution in [3.05, 3.63) is 93.9 Å². The molecule has 0 aliphatic heterocycles. The van der Waals surface area contributed by atoms with E-state index in [-0.39, 0.29) is 23.2 Å². The number of halogens is 1. The van der Waals surface area contributed by atoms with Gasteiger partial charge in [0, 0.05) is 49.9 Å². The summed E-state index contributed by atoms with van der Waals surface area (Å²) < 4.78 is 7.38. The van der Waals surface area contributed by atoms with Gasteiger partial charge in [0.15, 0.2) is 21.6 Å². The highest BCUT2D eigenvalue weighted by Crippen LogP contribution is 2.24. The average molecular weight is 667 g/mol. The van der Waals surface area contributed by atoms with Crippen LogP contribution in [-0.2, 0) is 0 Å². The van der Waals surface area contributed by atoms with Gasteiger partial charge in [-0.3, -0.25) is 9.59 Å². The summed E-state index contributed by atoms with van der Waals surface area (Å²) in [5.74, 6) is -0.674. The summed E-state index contributed by atoms with van der Waals surface area (Å²) in [6, 6.07) is 19.3. The highest BCUT2D eigenvalue weighted by atomic mass is 35.5. The van der Waals surface area contributed by atoms with E-state index in [1.807, 2.05) is 0 Å². The first-order valence-corrected chi connectivity index (χ1v) is 15.0. The molecule has 2 amide bonds. The van der Waals surface area contributed by atoms with Crippen molar-refractivity contribution in [2.75, 3.05) is 31.9 Å². The molecule has 0 bridgehead atoms. The number of rotatable bonds is 8. The zero-order chi connectivity index (χ0) is 30.2. The van der Waals surface area contributed by atoms with Gasteiger partial charge in [-0.05, 0) is 114 Å². The maximum absolute atomic E-state index is 12.1. The zero-order valence-electron chi connectivity index (χ0n) is 21.6. The van der Waals surface area contributed by atoms with Crippen LogP contribution in [0.2, 0.25) is 5.02 Å². The number of hydrogen-bond acceptors (Lipinski definition) is 10. The molecule has 0 spiro atoms. The van der Waals surface area contributed by atoms with E-state index in [9.17, 15) is 9.59 Å². The highest BCUT2D eigenvalue weighted by Gasteiger charge is 2.11. The number of carbonyl (C=O) groups excluding carboxylic acids is 2. The van der Waals surface area contributed by atoms with Gasteiger partial charge in [0.05, 0.1) is 0 Å². The molecule has 0 aliphatic carbocycles. The van der Waals surface area contributed by atoms with Crippen LogP contribution in [-0.4, -0.2) is 41.2 Å². The van der Waals surface area contributed by atoms with Crippen LogP contribution >= 0.6 is 59.1 Å². The third-order valence-electron chi connectivity index (χ3n) is 5.40. The third kappa shape index (κ3) is 8.69. The molecular weight excluding hydrogens is 648 g/mol. The Balaban J connectivity index is 1.12. The quantitative estimate of drug-likeness (QED) is 0.105. The number of hydrogen-bond donors (Lipinski definition) is 6. The molecule has 12 nitrogen and oxygen atoms in total. The average Bonchev–Trinajstić information content (AvgIpc) is 3.70. The fourth-order valence-electron chi connectivity index (χ4n) is 3.51. The lowest BCUT2D eigenvalue weighted by Crippen LogP contribution is -2.21. The normalized spacial score (nSPS) is 10.3. The Morgan fingerprint density at radius 1 is 0.558 bits per heavy atom. The van der Waals surface area contributed by atoms with E-state index in [2.05, 4.69) is 51.1 Å². The van der Waals surface area contributed by atoms with E-state index in [1.54, 1.807) is 77.5 Å². The van der Waals surface area contributed by atoms with Crippen molar-refractivity contribution >= 4 is 115 Å². The second kappa shape index (κ2) is 14.0. The summed E-state index contributed by atoms with van der Waals surface area (Å²) in [4.78, 5) is 24.3. The number of anilines is 6. The number of nitrogens with zero attached hydrogens (tertiary/aromatic N) is 4. The molecule has 0 fully saturated rings. The van der Waals surface area contributed by atoms with Crippen molar-refractivity contribution in [2.45, 2.75) is 0 Å². The standard InChI is InChI=1S/C26H19ClN10O2S4/c27-14-9-19(32-25(40)30-17-5-1-15(2-6-17)28-23(38)21-12-42-36-34-21)11-20(10-14)33-26(41)31-18-7-3-16(4-8-18)29-24(39)22-13-43-37-35-22/h1-13H,(H,28,38)(H,29,39)(H2,30,32,40)(H2,31,33,41). The van der Waals surface area contributed by atoms with Gasteiger partial charge in [-0.25, -0.2) is 0 Å². The Kier molecular flexibility index (Phi) is 9.75. The summed E-state index contributed by atoms with van der Waals surface area (Å²) in [5, 5.41) is 29.7. The summed E-state index contributed by atoms with van der Waals surface area (Å²) >= 11 is 19.5. The Labute approximate surface area is 268 Å². The molecule has 0 saturated heterocycles. The van der Waals surface area contributed by atoms with Crippen molar-refractivity contribution in [2.24, 2.45) is 0 Å². The third-order valence-corrected chi connectivity index (χ3v) is 7.04. The van der Waals surface area contributed by atoms with Crippen LogP contribution in [0.15, 0.2) is 77.5 Å². The predicted octanol–water partition coefficient (Wildman–Crippen LogP) is 6.17. The van der Waals surface area contributed by atoms with Crippen LogP contribution in [0.4, 0.5) is 34.1 Å². The number of carbonyl (C=O) groups is 2. The van der Waals surface area contributed by atoms with Crippen molar-refractivity contribution < 1.29 is 9.59 Å². The van der Waals surface area contributed by atoms with E-state index in [4.69, 9.17) is 36.0 Å². The zero-order valence-corrected chi connectivity index (χ0v) is 25.6. The smallest absolute Gasteiger partial charge is 0.277 e. The Bertz CT molecular complexity index is 1620. The summed E-state index contributed by atoms with van der Waals surface area (Å²) in [7, 11) is 0. The molecule has 17 heteroatoms. The molecule has 0 atom stereocenters. The van der Waals surface area contributed by atoms with Crippen molar-refractivity contribution in [1.82, 2.24) is 19.2 Å². The summed E-state index contributed by atoms with van der Waals surface area (Å²) in [6.07, 6.45) is 0. The molecule has 0 unspecified atom stereocenters. The molecule has 2 aromatic heterocycles. The number of aromatic nitrogens is 4. The predicted molar refractivity (Wildman–Crippen MR) is 180 cm³/mol. The van der Waals surface area contributed by atoms with E-state index < -0.39 is 0 Å². The lowest BCUT2D eigenvalue weighted by molar-refractivity contribution is 0.101. The van der Waals surface area contributed by atoms with Gasteiger partial charge < -0.3 is 31.9 Å². The van der Waals surface area contributed by atoms with Crippen LogP contribution < -0.4 is 31.9 Å². The molecule has 43 heavy (non-hydrogen) atoms. The highest BCUT2D eigenvalue weighted by molar-refractivity contribution is 7.81. The van der Waals surface area contributed by atoms with Crippen LogP contribution in [0.5, 0.6) is 0 Å². The van der Waals surface area contributed by atoms with Crippen LogP contribution in [0, 0.1) is 0 Å². The lowest BCUT2D eigenvalue weighted by atomic mass is 10.2. The van der Waals surface area contributed by atoms with Gasteiger partial charge in [0.1, 0.15) is 0 Å². The number of nitrogens with one attached hydrogen (secondary N) is 6. The fourth-order valence-corrected chi connectivity index (χ4v) is 5.09. The van der Waals surface area contributed by atoms with Crippen LogP contribution in [0.3, 0.4) is 0 Å². The first kappa shape index (κ1) is 29.9. The minimum atomic E-state index is -0.337. The SMILES string of the molecule is O=C(Nc1ccc(NC(=S)Nc2cc(Cl)cc(NC(=S)Nc3ccc(NC(=O)c4csnn4)cc3)c2)cc1)c1csnn1. The Morgan fingerprint density at radius 2 is 0.907 bits per heavy atom. The number of amides is 2. The van der Waals surface area contributed by atoms with Gasteiger partial charge in [0.2, 0.25) is 0 Å². The van der Waals surface area contributed by atoms with Crippen molar-refractivity contribution in [3.8, 4) is 0 Å². The molecule has 2 heterocycles. The van der Waals surface area contributed by atoms with Crippen LogP contribution in [0.1, 0.15) is 21.0 Å². The van der Waals surface area contributed by atoms with E-state index in [0.29, 0.717) is 49.4 Å². The number of thiocarbonyl (C=S) groups is 2. The molecule has 3 aromatic carbocycles. The lowest BCUT2D eigenvalue weighted by Gasteiger charge is -2.15. The Morgan fingerprint density at radius 3 is 1.26 bits per heavy atom. The van der Waals surface area contributed by atoms with Crippen molar-refractivity contribution in [1.29, 1.82) is 0 Å². The second-order valence-corrected chi connectivity index (χ2v) is 11.0. The molecule has 6 N–H and O–H groups in total. The van der Waals surface area contributed by atoms with Gasteiger partial charge in [-0.2, -0.15) is 0 Å². The van der Waals surface area contributed by atoms with E-state index in [0.717, 1.165) is 23.1 Å². The van der Waals surface area contributed by atoms with Crippen LogP contribution in [0.25, 0.3) is 0 Å². The van der Waals surface area contributed by atoms with Crippen molar-refractivity contribution in [3.63, 3.8) is 0 Å². The molecule has 0 radical (unpaired) electrons. The maximum Gasteiger partial charge on any atom is 0.277 e. The van der Waals surface area contributed by atoms with Gasteiger partial charge >= 0.3 is 0 Å². The van der Waals surface area contributed by atoms with Gasteiger partial charge in [0.25, 0.3) is 11.8 Å². The summed E-state index contributed by atoms with van der Waals surface area (Å²) in [5.41, 5.74) is 4.40. The van der Waals surface area contributed by atoms with Gasteiger partial charge in [-0.15, -0.1) is 10.2 Å². The summed E-state index contributed by atoms with van der Waals surface area (Å²) in [6.45, 7) is 0. The van der Waals surface area contributed by atoms with E-state index >= 15 is 0 Å². The molecule has 0 saturated carbocycles. The Hall–Kier alpha value is -4.61. The molecular formula is C26H19ClN10O2S4. The molecule has 216 valence electrons. The first-order chi connectivity index (χ1) is 20.8. The monoisotopic (exact) mass is 666 g/mol. The minimum Gasteiger partial charge on any atom is -0.332 e. The topological polar surface area (TPSA) is 158 Å². The molecule has 0 aliphatic rings. The second-order valence-electron chi connectivity index (χ2n) is 8.53. The molecule has 5 aromatic rings. The van der Waals surface area contributed by atoms with Gasteiger partial charge in [-0.1, -0.05) is 20.6 Å². The maximum atomic E-state index is 12.1. The first-order valence-electron chi connectivity index (χ1n) is 12.1. The largest absolute Gasteiger partial charge is 0.332 e. The van der Waals surface area contributed by atoms with E-state index in [1.165, 1.54) is 0 Å². The molecule has 5 rings (SSSR count).